The summed E-state index contributed by atoms with van der Waals surface area (Å²) in [6.45, 7) is 7.81. The highest BCUT2D eigenvalue weighted by molar-refractivity contribution is 6.29. The van der Waals surface area contributed by atoms with Crippen LogP contribution in [0.1, 0.15) is 5.56 Å². The summed E-state index contributed by atoms with van der Waals surface area (Å²) in [5.41, 5.74) is 10.3. The molecule has 0 saturated carbocycles. The normalized spacial score (nSPS) is 11.6. The van der Waals surface area contributed by atoms with E-state index in [4.69, 9.17) is 11.0 Å². The van der Waals surface area contributed by atoms with E-state index in [1.54, 1.807) is 0 Å². The molecule has 3 heterocycles. The molecule has 0 saturated heterocycles. The van der Waals surface area contributed by atoms with Crippen LogP contribution in [0.15, 0.2) is 150 Å². The van der Waals surface area contributed by atoms with Gasteiger partial charge in [-0.15, -0.1) is 0 Å². The fraction of sp³-hybridized carbons (Fsp3) is 0. The predicted octanol–water partition coefficient (Wildman–Crippen LogP) is 11.9. The van der Waals surface area contributed by atoms with Crippen molar-refractivity contribution in [3.63, 3.8) is 0 Å². The lowest BCUT2D eigenvalue weighted by molar-refractivity contribution is 0.677. The maximum absolute atomic E-state index is 10.1. The zero-order chi connectivity index (χ0) is 32.6. The summed E-state index contributed by atoms with van der Waals surface area (Å²) in [6, 6.07) is 52.0. The van der Waals surface area contributed by atoms with Crippen molar-refractivity contribution in [1.82, 2.24) is 9.13 Å². The summed E-state index contributed by atoms with van der Waals surface area (Å²) in [5.74, 6) is 0. The van der Waals surface area contributed by atoms with Crippen LogP contribution in [0.2, 0.25) is 0 Å². The highest BCUT2D eigenvalue weighted by Gasteiger charge is 2.24. The molecular formula is C44H24N4O. The molecule has 10 aromatic rings. The molecule has 0 atom stereocenters. The number of benzene rings is 7. The van der Waals surface area contributed by atoms with Crippen LogP contribution < -0.4 is 0 Å². The van der Waals surface area contributed by atoms with Gasteiger partial charge in [0, 0.05) is 27.2 Å². The van der Waals surface area contributed by atoms with Gasteiger partial charge in [-0.3, -0.25) is 0 Å². The van der Waals surface area contributed by atoms with Crippen molar-refractivity contribution in [2.24, 2.45) is 0 Å². The number of aromatic nitrogens is 2. The number of furan rings is 1. The van der Waals surface area contributed by atoms with Gasteiger partial charge in [-0.25, -0.2) is 4.85 Å². The Hall–Kier alpha value is -7.08. The molecule has 0 N–H and O–H groups in total. The molecule has 0 aliphatic heterocycles. The fourth-order valence-electron chi connectivity index (χ4n) is 7.70. The number of nitriles is 1. The van der Waals surface area contributed by atoms with E-state index in [1.165, 1.54) is 0 Å². The summed E-state index contributed by atoms with van der Waals surface area (Å²) in [7, 11) is 0. The van der Waals surface area contributed by atoms with Crippen LogP contribution in [0.4, 0.5) is 5.69 Å². The second kappa shape index (κ2) is 10.2. The summed E-state index contributed by atoms with van der Waals surface area (Å²) in [4.78, 5) is 3.71. The molecule has 0 aliphatic rings. The maximum Gasteiger partial charge on any atom is 0.205 e. The van der Waals surface area contributed by atoms with Gasteiger partial charge in [-0.2, -0.15) is 5.26 Å². The molecule has 0 fully saturated rings. The Kier molecular flexibility index (Phi) is 5.64. The number of fused-ring (bicyclic) bond motifs is 11. The first-order valence-corrected chi connectivity index (χ1v) is 16.1. The molecule has 3 aromatic heterocycles. The third-order valence-electron chi connectivity index (χ3n) is 9.77. The predicted molar refractivity (Wildman–Crippen MR) is 199 cm³/mol. The lowest BCUT2D eigenvalue weighted by Gasteiger charge is -2.15. The van der Waals surface area contributed by atoms with Gasteiger partial charge in [0.1, 0.15) is 11.2 Å². The molecule has 49 heavy (non-hydrogen) atoms. The number of hydrogen-bond donors (Lipinski definition) is 0. The maximum atomic E-state index is 10.1. The van der Waals surface area contributed by atoms with Gasteiger partial charge in [-0.05, 0) is 71.8 Å². The summed E-state index contributed by atoms with van der Waals surface area (Å²) >= 11 is 0. The molecule has 0 radical (unpaired) electrons. The Morgan fingerprint density at radius 3 is 1.71 bits per heavy atom. The molecule has 0 unspecified atom stereocenters. The Morgan fingerprint density at radius 1 is 0.551 bits per heavy atom. The zero-order valence-corrected chi connectivity index (χ0v) is 26.1. The van der Waals surface area contributed by atoms with E-state index >= 15 is 0 Å². The average molecular weight is 625 g/mol. The molecule has 5 heteroatoms. The summed E-state index contributed by atoms with van der Waals surface area (Å²) in [6.07, 6.45) is 0. The van der Waals surface area contributed by atoms with Gasteiger partial charge < -0.3 is 13.6 Å². The van der Waals surface area contributed by atoms with Gasteiger partial charge in [0.15, 0.2) is 0 Å². The minimum atomic E-state index is 0.337. The van der Waals surface area contributed by atoms with Crippen LogP contribution in [0.25, 0.3) is 92.9 Å². The van der Waals surface area contributed by atoms with E-state index in [9.17, 15) is 5.26 Å². The van der Waals surface area contributed by atoms with E-state index < -0.39 is 0 Å². The number of nitrogens with zero attached hydrogens (tertiary/aromatic N) is 4. The fourth-order valence-corrected chi connectivity index (χ4v) is 7.70. The molecule has 7 aromatic carbocycles. The molecule has 0 spiro atoms. The van der Waals surface area contributed by atoms with Crippen molar-refractivity contribution in [1.29, 1.82) is 5.26 Å². The lowest BCUT2D eigenvalue weighted by Crippen LogP contribution is -1.98. The quantitative estimate of drug-likeness (QED) is 0.184. The summed E-state index contributed by atoms with van der Waals surface area (Å²) in [5, 5.41) is 16.5. The molecule has 0 amide bonds. The first-order chi connectivity index (χ1) is 24.2. The molecule has 5 nitrogen and oxygen atoms in total. The Bertz CT molecular complexity index is 3060. The standard InChI is InChI=1S/C44H24N4O/c1-46-35-25-34(27-12-4-2-5-13-27)40(24-28(35)26-45)48-37-19-11-9-17-33(37)42-39(48)23-21-31-30-20-22-38-41(43(30)49-44(31)42)32-16-8-10-18-36(32)47(38)29-14-6-3-7-15-29/h2-25H. The topological polar surface area (TPSA) is 51.1 Å². The minimum absolute atomic E-state index is 0.337. The number of para-hydroxylation sites is 3. The van der Waals surface area contributed by atoms with Gasteiger partial charge in [0.25, 0.3) is 0 Å². The number of hydrogen-bond acceptors (Lipinski definition) is 2. The van der Waals surface area contributed by atoms with Crippen LogP contribution in [0.3, 0.4) is 0 Å². The molecule has 0 bridgehead atoms. The smallest absolute Gasteiger partial charge is 0.205 e. The van der Waals surface area contributed by atoms with E-state index in [2.05, 4.69) is 111 Å². The van der Waals surface area contributed by atoms with Crippen molar-refractivity contribution in [3.05, 3.63) is 163 Å². The van der Waals surface area contributed by atoms with Crippen molar-refractivity contribution >= 4 is 71.2 Å². The first kappa shape index (κ1) is 27.1. The molecule has 10 rings (SSSR count). The lowest BCUT2D eigenvalue weighted by atomic mass is 9.99. The van der Waals surface area contributed by atoms with Crippen LogP contribution >= 0.6 is 0 Å². The highest BCUT2D eigenvalue weighted by Crippen LogP contribution is 2.46. The van der Waals surface area contributed by atoms with E-state index in [0.29, 0.717) is 11.3 Å². The minimum Gasteiger partial charge on any atom is -0.455 e. The van der Waals surface area contributed by atoms with Gasteiger partial charge in [-0.1, -0.05) is 84.9 Å². The van der Waals surface area contributed by atoms with Crippen LogP contribution in [-0.2, 0) is 0 Å². The second-order valence-electron chi connectivity index (χ2n) is 12.3. The third kappa shape index (κ3) is 3.73. The van der Waals surface area contributed by atoms with Crippen molar-refractivity contribution < 1.29 is 4.42 Å². The van der Waals surface area contributed by atoms with Crippen LogP contribution in [0.5, 0.6) is 0 Å². The average Bonchev–Trinajstić information content (AvgIpc) is 3.82. The van der Waals surface area contributed by atoms with Crippen molar-refractivity contribution in [3.8, 4) is 28.6 Å². The van der Waals surface area contributed by atoms with Crippen LogP contribution in [0, 0.1) is 17.9 Å². The highest BCUT2D eigenvalue weighted by atomic mass is 16.3. The summed E-state index contributed by atoms with van der Waals surface area (Å²) < 4.78 is 11.6. The van der Waals surface area contributed by atoms with Crippen LogP contribution in [-0.4, -0.2) is 9.13 Å². The molecule has 0 aliphatic carbocycles. The second-order valence-corrected chi connectivity index (χ2v) is 12.3. The van der Waals surface area contributed by atoms with E-state index in [-0.39, 0.29) is 0 Å². The Balaban J connectivity index is 1.34. The van der Waals surface area contributed by atoms with Crippen molar-refractivity contribution in [2.75, 3.05) is 0 Å². The first-order valence-electron chi connectivity index (χ1n) is 16.1. The Labute approximate surface area is 280 Å². The molecular weight excluding hydrogens is 601 g/mol. The Morgan fingerprint density at radius 2 is 1.10 bits per heavy atom. The largest absolute Gasteiger partial charge is 0.455 e. The monoisotopic (exact) mass is 624 g/mol. The van der Waals surface area contributed by atoms with Crippen molar-refractivity contribution in [2.45, 2.75) is 0 Å². The third-order valence-corrected chi connectivity index (χ3v) is 9.77. The van der Waals surface area contributed by atoms with Gasteiger partial charge >= 0.3 is 0 Å². The van der Waals surface area contributed by atoms with Gasteiger partial charge in [0.2, 0.25) is 5.69 Å². The molecule has 226 valence electrons. The van der Waals surface area contributed by atoms with E-state index in [1.807, 2.05) is 54.6 Å². The zero-order valence-electron chi connectivity index (χ0n) is 26.1. The SMILES string of the molecule is [C-]#[N+]c1cc(-c2ccccc2)c(-n2c3ccccc3c3c4oc5c(ccc6c5c5ccccc5n6-c5ccccc5)c4ccc32)cc1C#N. The number of rotatable bonds is 3. The van der Waals surface area contributed by atoms with Gasteiger partial charge in [0.05, 0.1) is 56.7 Å². The van der Waals surface area contributed by atoms with E-state index in [0.717, 1.165) is 88.1 Å².